The Labute approximate surface area is 108 Å². The van der Waals surface area contributed by atoms with Crippen LogP contribution >= 0.6 is 11.6 Å². The highest BCUT2D eigenvalue weighted by atomic mass is 35.5. The molecule has 2 rings (SSSR count). The summed E-state index contributed by atoms with van der Waals surface area (Å²) in [6, 6.07) is 5.64. The van der Waals surface area contributed by atoms with Crippen LogP contribution in [0.25, 0.3) is 0 Å². The van der Waals surface area contributed by atoms with Crippen molar-refractivity contribution in [2.75, 3.05) is 0 Å². The molecule has 1 atom stereocenters. The molecule has 1 aliphatic heterocycles. The smallest absolute Gasteiger partial charge is 0.335 e. The number of carbonyl (C=O) groups is 2. The van der Waals surface area contributed by atoms with Gasteiger partial charge < -0.3 is 15.7 Å². The molecule has 1 aromatic carbocycles. The summed E-state index contributed by atoms with van der Waals surface area (Å²) < 4.78 is 0. The van der Waals surface area contributed by atoms with E-state index in [0.29, 0.717) is 16.3 Å². The summed E-state index contributed by atoms with van der Waals surface area (Å²) in [7, 11) is 0. The maximum Gasteiger partial charge on any atom is 0.335 e. The molecule has 0 unspecified atom stereocenters. The number of allylic oxidation sites excluding steroid dienone is 1. The van der Waals surface area contributed by atoms with E-state index in [1.165, 1.54) is 0 Å². The molecule has 3 N–H and O–H groups in total. The normalized spacial score (nSPS) is 19.2. The second-order valence-electron chi connectivity index (χ2n) is 3.90. The van der Waals surface area contributed by atoms with Crippen LogP contribution in [-0.2, 0) is 4.79 Å². The largest absolute Gasteiger partial charge is 0.478 e. The van der Waals surface area contributed by atoms with Gasteiger partial charge in [0, 0.05) is 10.7 Å². The molecule has 0 saturated heterocycles. The summed E-state index contributed by atoms with van der Waals surface area (Å²) in [4.78, 5) is 22.7. The molecule has 2 amide bonds. The maximum atomic E-state index is 11.4. The van der Waals surface area contributed by atoms with Crippen LogP contribution in [0, 0.1) is 0 Å². The summed E-state index contributed by atoms with van der Waals surface area (Å²) >= 11 is 6.04. The van der Waals surface area contributed by atoms with Crippen LogP contribution in [0.3, 0.4) is 0 Å². The third kappa shape index (κ3) is 2.17. The number of hydrogen-bond acceptors (Lipinski definition) is 2. The first-order chi connectivity index (χ1) is 8.50. The molecule has 0 aromatic heterocycles. The third-order valence-electron chi connectivity index (χ3n) is 2.72. The van der Waals surface area contributed by atoms with E-state index < -0.39 is 18.0 Å². The van der Waals surface area contributed by atoms with Gasteiger partial charge in [-0.1, -0.05) is 29.8 Å². The zero-order chi connectivity index (χ0) is 13.3. The SMILES string of the molecule is CC1=C(C(=O)O)[C@H](c2ccccc2Cl)NC(=O)N1. The Kier molecular flexibility index (Phi) is 3.25. The van der Waals surface area contributed by atoms with E-state index >= 15 is 0 Å². The van der Waals surface area contributed by atoms with Gasteiger partial charge in [0.05, 0.1) is 11.6 Å². The van der Waals surface area contributed by atoms with Gasteiger partial charge in [-0.3, -0.25) is 0 Å². The zero-order valence-electron chi connectivity index (χ0n) is 9.53. The lowest BCUT2D eigenvalue weighted by Gasteiger charge is -2.27. The molecule has 18 heavy (non-hydrogen) atoms. The summed E-state index contributed by atoms with van der Waals surface area (Å²) in [6.07, 6.45) is 0. The Morgan fingerprint density at radius 3 is 2.67 bits per heavy atom. The van der Waals surface area contributed by atoms with Gasteiger partial charge in [0.25, 0.3) is 0 Å². The van der Waals surface area contributed by atoms with E-state index in [2.05, 4.69) is 10.6 Å². The molecule has 1 aromatic rings. The van der Waals surface area contributed by atoms with Gasteiger partial charge in [-0.2, -0.15) is 0 Å². The number of carbonyl (C=O) groups excluding carboxylic acids is 1. The fraction of sp³-hybridized carbons (Fsp3) is 0.167. The first kappa shape index (κ1) is 12.4. The maximum absolute atomic E-state index is 11.4. The number of urea groups is 1. The van der Waals surface area contributed by atoms with E-state index in [-0.39, 0.29) is 5.57 Å². The first-order valence-corrected chi connectivity index (χ1v) is 5.64. The minimum atomic E-state index is -1.09. The summed E-state index contributed by atoms with van der Waals surface area (Å²) in [5, 5.41) is 14.6. The van der Waals surface area contributed by atoms with Crippen molar-refractivity contribution in [2.24, 2.45) is 0 Å². The molecule has 1 heterocycles. The number of benzene rings is 1. The van der Waals surface area contributed by atoms with Crippen molar-refractivity contribution in [3.05, 3.63) is 46.1 Å². The summed E-state index contributed by atoms with van der Waals surface area (Å²) in [5.74, 6) is -1.09. The Hall–Kier alpha value is -2.01. The van der Waals surface area contributed by atoms with Crippen molar-refractivity contribution in [3.63, 3.8) is 0 Å². The molecule has 0 spiro atoms. The van der Waals surface area contributed by atoms with Crippen LogP contribution in [0.4, 0.5) is 4.79 Å². The lowest BCUT2D eigenvalue weighted by atomic mass is 9.96. The topological polar surface area (TPSA) is 78.4 Å². The molecule has 1 aliphatic rings. The lowest BCUT2D eigenvalue weighted by Crippen LogP contribution is -2.45. The van der Waals surface area contributed by atoms with Crippen molar-refractivity contribution >= 4 is 23.6 Å². The van der Waals surface area contributed by atoms with Crippen molar-refractivity contribution in [1.82, 2.24) is 10.6 Å². The number of amides is 2. The third-order valence-corrected chi connectivity index (χ3v) is 3.06. The first-order valence-electron chi connectivity index (χ1n) is 5.26. The molecular formula is C12H11ClN2O3. The number of carboxylic acid groups (broad SMARTS) is 1. The minimum Gasteiger partial charge on any atom is -0.478 e. The van der Waals surface area contributed by atoms with Crippen molar-refractivity contribution in [2.45, 2.75) is 13.0 Å². The highest BCUT2D eigenvalue weighted by Gasteiger charge is 2.31. The molecule has 6 heteroatoms. The van der Waals surface area contributed by atoms with Crippen LogP contribution in [0.15, 0.2) is 35.5 Å². The molecule has 0 saturated carbocycles. The second kappa shape index (κ2) is 4.70. The number of halogens is 1. The standard InChI is InChI=1S/C12H11ClN2O3/c1-6-9(11(16)17)10(15-12(18)14-6)7-4-2-3-5-8(7)13/h2-5,10H,1H3,(H,16,17)(H2,14,15,18)/t10-/m0/s1. The Morgan fingerprint density at radius 2 is 2.06 bits per heavy atom. The van der Waals surface area contributed by atoms with Crippen LogP contribution in [0.5, 0.6) is 0 Å². The fourth-order valence-corrected chi connectivity index (χ4v) is 2.16. The van der Waals surface area contributed by atoms with Gasteiger partial charge in [0.1, 0.15) is 0 Å². The van der Waals surface area contributed by atoms with Crippen molar-refractivity contribution < 1.29 is 14.7 Å². The molecule has 94 valence electrons. The van der Waals surface area contributed by atoms with Gasteiger partial charge in [0.2, 0.25) is 0 Å². The lowest BCUT2D eigenvalue weighted by molar-refractivity contribution is -0.133. The van der Waals surface area contributed by atoms with E-state index in [1.54, 1.807) is 31.2 Å². The molecule has 0 bridgehead atoms. The molecule has 5 nitrogen and oxygen atoms in total. The van der Waals surface area contributed by atoms with Gasteiger partial charge in [-0.25, -0.2) is 9.59 Å². The highest BCUT2D eigenvalue weighted by Crippen LogP contribution is 2.31. The monoisotopic (exact) mass is 266 g/mol. The number of aliphatic carboxylic acids is 1. The quantitative estimate of drug-likeness (QED) is 0.767. The molecule has 0 radical (unpaired) electrons. The Balaban J connectivity index is 2.54. The molecular weight excluding hydrogens is 256 g/mol. The van der Waals surface area contributed by atoms with Crippen LogP contribution in [0.1, 0.15) is 18.5 Å². The van der Waals surface area contributed by atoms with E-state index in [4.69, 9.17) is 11.6 Å². The number of nitrogens with one attached hydrogen (secondary N) is 2. The van der Waals surface area contributed by atoms with Gasteiger partial charge in [-0.05, 0) is 18.6 Å². The zero-order valence-corrected chi connectivity index (χ0v) is 10.3. The van der Waals surface area contributed by atoms with E-state index in [9.17, 15) is 14.7 Å². The van der Waals surface area contributed by atoms with Gasteiger partial charge in [-0.15, -0.1) is 0 Å². The summed E-state index contributed by atoms with van der Waals surface area (Å²) in [6.45, 7) is 1.55. The average Bonchev–Trinajstić information content (AvgIpc) is 2.27. The minimum absolute atomic E-state index is 0.0858. The van der Waals surface area contributed by atoms with Gasteiger partial charge >= 0.3 is 12.0 Å². The van der Waals surface area contributed by atoms with E-state index in [1.807, 2.05) is 0 Å². The second-order valence-corrected chi connectivity index (χ2v) is 4.30. The predicted octanol–water partition coefficient (Wildman–Crippen LogP) is 2.05. The number of carboxylic acids is 1. The average molecular weight is 267 g/mol. The van der Waals surface area contributed by atoms with Crippen molar-refractivity contribution in [3.8, 4) is 0 Å². The van der Waals surface area contributed by atoms with Crippen LogP contribution < -0.4 is 10.6 Å². The number of rotatable bonds is 2. The Morgan fingerprint density at radius 1 is 1.39 bits per heavy atom. The van der Waals surface area contributed by atoms with Crippen molar-refractivity contribution in [1.29, 1.82) is 0 Å². The number of hydrogen-bond donors (Lipinski definition) is 3. The summed E-state index contributed by atoms with van der Waals surface area (Å²) in [5.41, 5.74) is 0.963. The van der Waals surface area contributed by atoms with Crippen LogP contribution in [-0.4, -0.2) is 17.1 Å². The highest BCUT2D eigenvalue weighted by molar-refractivity contribution is 6.31. The molecule has 0 fully saturated rings. The molecule has 0 aliphatic carbocycles. The van der Waals surface area contributed by atoms with Gasteiger partial charge in [0.15, 0.2) is 0 Å². The fourth-order valence-electron chi connectivity index (χ4n) is 1.92. The van der Waals surface area contributed by atoms with Crippen LogP contribution in [0.2, 0.25) is 5.02 Å². The van der Waals surface area contributed by atoms with E-state index in [0.717, 1.165) is 0 Å². The predicted molar refractivity (Wildman–Crippen MR) is 66.2 cm³/mol. The Bertz CT molecular complexity index is 554.